The van der Waals surface area contributed by atoms with E-state index < -0.39 is 11.1 Å². The third-order valence-electron chi connectivity index (χ3n) is 4.54. The third-order valence-corrected chi connectivity index (χ3v) is 4.54. The summed E-state index contributed by atoms with van der Waals surface area (Å²) in [6.07, 6.45) is 1.09. The van der Waals surface area contributed by atoms with E-state index in [9.17, 15) is 14.9 Å². The number of rotatable bonds is 5. The number of hydrogen-bond donors (Lipinski definition) is 1. The van der Waals surface area contributed by atoms with Crippen molar-refractivity contribution in [2.24, 2.45) is 0 Å². The number of non-ortho nitro benzene ring substituents is 1. The molecule has 0 saturated heterocycles. The fourth-order valence-electron chi connectivity index (χ4n) is 3.16. The van der Waals surface area contributed by atoms with Gasteiger partial charge in [-0.25, -0.2) is 0 Å². The van der Waals surface area contributed by atoms with Gasteiger partial charge in [0.2, 0.25) is 0 Å². The van der Waals surface area contributed by atoms with Crippen molar-refractivity contribution in [1.29, 1.82) is 0 Å². The molecule has 28 heavy (non-hydrogen) atoms. The Balaban J connectivity index is 1.71. The number of aromatic nitrogens is 1. The molecule has 1 N–H and O–H groups in total. The molecule has 4 rings (SSSR count). The van der Waals surface area contributed by atoms with Gasteiger partial charge in [-0.2, -0.15) is 0 Å². The van der Waals surface area contributed by atoms with Crippen LogP contribution in [0.4, 0.5) is 17.1 Å². The zero-order valence-electron chi connectivity index (χ0n) is 14.9. The molecule has 140 valence electrons. The van der Waals surface area contributed by atoms with Crippen molar-refractivity contribution in [1.82, 2.24) is 4.98 Å². The Morgan fingerprint density at radius 3 is 2.46 bits per heavy atom. The number of anilines is 2. The molecule has 1 aromatic heterocycles. The van der Waals surface area contributed by atoms with Crippen LogP contribution in [0.25, 0.3) is 0 Å². The lowest BCUT2D eigenvalue weighted by molar-refractivity contribution is -0.384. The van der Waals surface area contributed by atoms with Crippen molar-refractivity contribution in [3.63, 3.8) is 0 Å². The first-order valence-corrected chi connectivity index (χ1v) is 8.52. The molecule has 8 heteroatoms. The van der Waals surface area contributed by atoms with Gasteiger partial charge in [0.25, 0.3) is 11.6 Å². The number of nitro groups is 1. The SMILES string of the molecule is COc1ccc(N2C(=O)c3cccnc3[C@H]2Nc2ccc([N+](=O)[O-])cc2)cc1. The fourth-order valence-corrected chi connectivity index (χ4v) is 3.16. The summed E-state index contributed by atoms with van der Waals surface area (Å²) < 4.78 is 5.19. The molecule has 0 saturated carbocycles. The highest BCUT2D eigenvalue weighted by Gasteiger charge is 2.39. The number of benzene rings is 2. The molecular formula is C20H16N4O4. The van der Waals surface area contributed by atoms with E-state index in [-0.39, 0.29) is 11.6 Å². The van der Waals surface area contributed by atoms with Gasteiger partial charge in [-0.15, -0.1) is 0 Å². The van der Waals surface area contributed by atoms with Crippen LogP contribution in [0, 0.1) is 10.1 Å². The van der Waals surface area contributed by atoms with Crippen LogP contribution in [0.3, 0.4) is 0 Å². The number of amides is 1. The number of nitrogens with one attached hydrogen (secondary N) is 1. The first-order chi connectivity index (χ1) is 13.6. The average Bonchev–Trinajstić information content (AvgIpc) is 3.00. The van der Waals surface area contributed by atoms with E-state index in [4.69, 9.17) is 4.74 Å². The first kappa shape index (κ1) is 17.5. The third kappa shape index (κ3) is 3.01. The number of ether oxygens (including phenoxy) is 1. The quantitative estimate of drug-likeness (QED) is 0.538. The summed E-state index contributed by atoms with van der Waals surface area (Å²) in [5.41, 5.74) is 2.43. The molecular weight excluding hydrogens is 360 g/mol. The van der Waals surface area contributed by atoms with Crippen molar-refractivity contribution in [3.05, 3.63) is 88.2 Å². The molecule has 1 aliphatic heterocycles. The molecule has 0 radical (unpaired) electrons. The second-order valence-electron chi connectivity index (χ2n) is 6.16. The van der Waals surface area contributed by atoms with Gasteiger partial charge in [0, 0.05) is 29.7 Å². The number of methoxy groups -OCH3 is 1. The highest BCUT2D eigenvalue weighted by Crippen LogP contribution is 2.37. The van der Waals surface area contributed by atoms with Crippen LogP contribution in [-0.2, 0) is 0 Å². The standard InChI is InChI=1S/C20H16N4O4/c1-28-16-10-8-14(9-11-16)23-19(18-17(20(23)25)3-2-12-21-18)22-13-4-6-15(7-5-13)24(26)27/h2-12,19,22H,1H3/t19-/m0/s1. The summed E-state index contributed by atoms with van der Waals surface area (Å²) in [6, 6.07) is 16.7. The minimum Gasteiger partial charge on any atom is -0.497 e. The Kier molecular flexibility index (Phi) is 4.36. The summed E-state index contributed by atoms with van der Waals surface area (Å²) in [6.45, 7) is 0. The van der Waals surface area contributed by atoms with E-state index in [1.807, 2.05) is 0 Å². The molecule has 1 aliphatic rings. The minimum atomic E-state index is -0.543. The maximum absolute atomic E-state index is 13.0. The number of nitrogens with zero attached hydrogens (tertiary/aromatic N) is 3. The second-order valence-corrected chi connectivity index (χ2v) is 6.16. The lowest BCUT2D eigenvalue weighted by Gasteiger charge is -2.26. The summed E-state index contributed by atoms with van der Waals surface area (Å²) in [7, 11) is 1.58. The summed E-state index contributed by atoms with van der Waals surface area (Å²) >= 11 is 0. The van der Waals surface area contributed by atoms with Crippen LogP contribution in [0.1, 0.15) is 22.2 Å². The van der Waals surface area contributed by atoms with Gasteiger partial charge >= 0.3 is 0 Å². The number of fused-ring (bicyclic) bond motifs is 1. The van der Waals surface area contributed by atoms with E-state index >= 15 is 0 Å². The van der Waals surface area contributed by atoms with Gasteiger partial charge in [-0.3, -0.25) is 24.8 Å². The largest absolute Gasteiger partial charge is 0.497 e. The Morgan fingerprint density at radius 1 is 1.11 bits per heavy atom. The van der Waals surface area contributed by atoms with Crippen molar-refractivity contribution in [2.75, 3.05) is 17.3 Å². The molecule has 0 spiro atoms. The normalized spacial score (nSPS) is 15.2. The highest BCUT2D eigenvalue weighted by atomic mass is 16.6. The molecule has 1 amide bonds. The number of carbonyl (C=O) groups excluding carboxylic acids is 1. The minimum absolute atomic E-state index is 0.00131. The Bertz CT molecular complexity index is 1030. The molecule has 8 nitrogen and oxygen atoms in total. The predicted octanol–water partition coefficient (Wildman–Crippen LogP) is 3.77. The van der Waals surface area contributed by atoms with Gasteiger partial charge in [-0.05, 0) is 48.5 Å². The molecule has 0 aliphatic carbocycles. The summed E-state index contributed by atoms with van der Waals surface area (Å²) in [5.74, 6) is 0.513. The lowest BCUT2D eigenvalue weighted by atomic mass is 10.2. The molecule has 1 atom stereocenters. The molecule has 0 bridgehead atoms. The summed E-state index contributed by atoms with van der Waals surface area (Å²) in [4.78, 5) is 29.4. The van der Waals surface area contributed by atoms with E-state index in [1.54, 1.807) is 66.7 Å². The van der Waals surface area contributed by atoms with E-state index in [0.29, 0.717) is 28.4 Å². The average molecular weight is 376 g/mol. The smallest absolute Gasteiger partial charge is 0.269 e. The molecule has 2 heterocycles. The van der Waals surface area contributed by atoms with Crippen molar-refractivity contribution in [2.45, 2.75) is 6.17 Å². The fraction of sp³-hybridized carbons (Fsp3) is 0.100. The van der Waals surface area contributed by atoms with Gasteiger partial charge in [-0.1, -0.05) is 0 Å². The van der Waals surface area contributed by atoms with Crippen molar-refractivity contribution < 1.29 is 14.5 Å². The number of nitro benzene ring substituents is 1. The maximum atomic E-state index is 13.0. The van der Waals surface area contributed by atoms with E-state index in [2.05, 4.69) is 10.3 Å². The van der Waals surface area contributed by atoms with Crippen LogP contribution in [0.15, 0.2) is 66.9 Å². The van der Waals surface area contributed by atoms with Gasteiger partial charge in [0.15, 0.2) is 6.17 Å². The first-order valence-electron chi connectivity index (χ1n) is 8.52. The molecule has 0 fully saturated rings. The predicted molar refractivity (Wildman–Crippen MR) is 104 cm³/mol. The number of carbonyl (C=O) groups is 1. The van der Waals surface area contributed by atoms with Crippen LogP contribution in [0.5, 0.6) is 5.75 Å². The molecule has 2 aromatic carbocycles. The maximum Gasteiger partial charge on any atom is 0.269 e. The zero-order chi connectivity index (χ0) is 19.7. The molecule has 3 aromatic rings. The Labute approximate surface area is 160 Å². The van der Waals surface area contributed by atoms with Gasteiger partial charge in [0.05, 0.1) is 23.3 Å². The highest BCUT2D eigenvalue weighted by molar-refractivity contribution is 6.11. The topological polar surface area (TPSA) is 97.6 Å². The lowest BCUT2D eigenvalue weighted by Crippen LogP contribution is -2.32. The van der Waals surface area contributed by atoms with E-state index in [0.717, 1.165) is 0 Å². The Morgan fingerprint density at radius 2 is 1.82 bits per heavy atom. The monoisotopic (exact) mass is 376 g/mol. The molecule has 0 unspecified atom stereocenters. The van der Waals surface area contributed by atoms with Crippen molar-refractivity contribution >= 4 is 23.0 Å². The number of pyridine rings is 1. The summed E-state index contributed by atoms with van der Waals surface area (Å²) in [5, 5.41) is 14.1. The second kappa shape index (κ2) is 6.99. The van der Waals surface area contributed by atoms with Crippen LogP contribution >= 0.6 is 0 Å². The zero-order valence-corrected chi connectivity index (χ0v) is 14.9. The van der Waals surface area contributed by atoms with Crippen LogP contribution in [-0.4, -0.2) is 22.9 Å². The van der Waals surface area contributed by atoms with Crippen molar-refractivity contribution in [3.8, 4) is 5.75 Å². The van der Waals surface area contributed by atoms with E-state index in [1.165, 1.54) is 12.1 Å². The van der Waals surface area contributed by atoms with Crippen LogP contribution < -0.4 is 15.0 Å². The number of hydrogen-bond acceptors (Lipinski definition) is 6. The van der Waals surface area contributed by atoms with Gasteiger partial charge in [0.1, 0.15) is 5.75 Å². The van der Waals surface area contributed by atoms with Gasteiger partial charge < -0.3 is 10.1 Å². The van der Waals surface area contributed by atoms with Crippen LogP contribution in [0.2, 0.25) is 0 Å². The Hall–Kier alpha value is -3.94.